The molecule has 1 N–H and O–H groups in total. The number of hydrogen-bond acceptors (Lipinski definition) is 5. The van der Waals surface area contributed by atoms with Gasteiger partial charge in [0.25, 0.3) is 0 Å². The summed E-state index contributed by atoms with van der Waals surface area (Å²) in [6.45, 7) is 2.80. The summed E-state index contributed by atoms with van der Waals surface area (Å²) in [4.78, 5) is 25.7. The van der Waals surface area contributed by atoms with Crippen molar-refractivity contribution in [3.8, 4) is 0 Å². The summed E-state index contributed by atoms with van der Waals surface area (Å²) in [5.41, 5.74) is 1.25. The number of carbonyl (C=O) groups is 2. The fourth-order valence-electron chi connectivity index (χ4n) is 3.35. The normalized spacial score (nSPS) is 17.2. The smallest absolute Gasteiger partial charge is 0.414 e. The molecule has 8 heteroatoms. The van der Waals surface area contributed by atoms with Crippen LogP contribution in [-0.2, 0) is 16.1 Å². The van der Waals surface area contributed by atoms with Gasteiger partial charge in [0.2, 0.25) is 0 Å². The van der Waals surface area contributed by atoms with Gasteiger partial charge in [-0.3, -0.25) is 4.90 Å². The van der Waals surface area contributed by atoms with E-state index in [0.717, 1.165) is 35.5 Å². The highest BCUT2D eigenvalue weighted by Gasteiger charge is 2.34. The number of anilines is 1. The van der Waals surface area contributed by atoms with Crippen LogP contribution in [0.4, 0.5) is 14.9 Å². The monoisotopic (exact) mass is 435 g/mol. The van der Waals surface area contributed by atoms with E-state index in [1.165, 1.54) is 4.90 Å². The summed E-state index contributed by atoms with van der Waals surface area (Å²) in [6, 6.07) is 9.87. The number of hydrogen-bond donors (Lipinski definition) is 1. The lowest BCUT2D eigenvalue weighted by Crippen LogP contribution is -2.36. The van der Waals surface area contributed by atoms with Gasteiger partial charge in [0, 0.05) is 10.6 Å². The lowest BCUT2D eigenvalue weighted by Gasteiger charge is -2.22. The first-order valence-corrected chi connectivity index (χ1v) is 10.9. The number of amides is 1. The van der Waals surface area contributed by atoms with Crippen LogP contribution in [0.25, 0.3) is 0 Å². The van der Waals surface area contributed by atoms with E-state index in [1.807, 2.05) is 0 Å². The number of unbranched alkanes of at least 4 members (excludes halogenated alkanes) is 2. The third-order valence-electron chi connectivity index (χ3n) is 4.98. The van der Waals surface area contributed by atoms with Crippen LogP contribution in [0.15, 0.2) is 36.4 Å². The number of rotatable bonds is 11. The number of carboxylic acid groups (broad SMARTS) is 1. The number of aromatic carboxylic acids is 1. The van der Waals surface area contributed by atoms with Gasteiger partial charge < -0.3 is 14.6 Å². The van der Waals surface area contributed by atoms with E-state index in [1.54, 1.807) is 36.4 Å². The Morgan fingerprint density at radius 1 is 1.30 bits per heavy atom. The molecular weight excluding hydrogens is 409 g/mol. The minimum absolute atomic E-state index is 0.203. The number of alkyl halides is 1. The van der Waals surface area contributed by atoms with Crippen molar-refractivity contribution >= 4 is 29.1 Å². The van der Waals surface area contributed by atoms with Crippen LogP contribution in [0.2, 0.25) is 0 Å². The summed E-state index contributed by atoms with van der Waals surface area (Å²) < 4.78 is 25.2. The zero-order chi connectivity index (χ0) is 21.5. The average molecular weight is 436 g/mol. The highest BCUT2D eigenvalue weighted by Crippen LogP contribution is 2.29. The number of nitrogens with zero attached hydrogens (tertiary/aromatic N) is 1. The van der Waals surface area contributed by atoms with Gasteiger partial charge >= 0.3 is 12.1 Å². The Hall–Kier alpha value is -2.45. The van der Waals surface area contributed by atoms with Crippen molar-refractivity contribution < 1.29 is 28.6 Å². The van der Waals surface area contributed by atoms with Gasteiger partial charge in [-0.25, -0.2) is 14.0 Å². The van der Waals surface area contributed by atoms with Crippen molar-refractivity contribution in [2.75, 3.05) is 18.1 Å². The molecule has 1 aliphatic rings. The Morgan fingerprint density at radius 3 is 2.73 bits per heavy atom. The average Bonchev–Trinajstić information content (AvgIpc) is 3.35. The van der Waals surface area contributed by atoms with Crippen LogP contribution in [0.3, 0.4) is 0 Å². The van der Waals surface area contributed by atoms with Gasteiger partial charge in [-0.15, -0.1) is 11.3 Å². The molecule has 2 atom stereocenters. The van der Waals surface area contributed by atoms with Crippen molar-refractivity contribution in [3.05, 3.63) is 51.7 Å². The molecule has 0 spiro atoms. The Bertz CT molecular complexity index is 853. The van der Waals surface area contributed by atoms with Crippen molar-refractivity contribution in [1.82, 2.24) is 0 Å². The van der Waals surface area contributed by atoms with Gasteiger partial charge in [-0.05, 0) is 36.2 Å². The van der Waals surface area contributed by atoms with Crippen LogP contribution in [0, 0.1) is 0 Å². The maximum Gasteiger partial charge on any atom is 0.414 e. The molecular formula is C22H26FNO5S. The van der Waals surface area contributed by atoms with Gasteiger partial charge in [0.05, 0.1) is 19.3 Å². The van der Waals surface area contributed by atoms with Crippen LogP contribution < -0.4 is 4.90 Å². The fraction of sp³-hybridized carbons (Fsp3) is 0.455. The second kappa shape index (κ2) is 10.5. The Kier molecular flexibility index (Phi) is 7.81. The highest BCUT2D eigenvalue weighted by molar-refractivity contribution is 7.13. The molecule has 0 radical (unpaired) electrons. The minimum atomic E-state index is -1.00. The molecule has 1 saturated heterocycles. The van der Waals surface area contributed by atoms with Crippen LogP contribution in [0.1, 0.15) is 58.9 Å². The third-order valence-corrected chi connectivity index (χ3v) is 6.03. The van der Waals surface area contributed by atoms with Gasteiger partial charge in [-0.1, -0.05) is 38.3 Å². The van der Waals surface area contributed by atoms with E-state index >= 15 is 0 Å². The lowest BCUT2D eigenvalue weighted by molar-refractivity contribution is 0.0702. The summed E-state index contributed by atoms with van der Waals surface area (Å²) in [5, 5.41) is 8.98. The molecule has 0 aliphatic carbocycles. The predicted molar refractivity (Wildman–Crippen MR) is 113 cm³/mol. The quantitative estimate of drug-likeness (QED) is 0.466. The maximum absolute atomic E-state index is 14.3. The molecule has 1 aromatic carbocycles. The van der Waals surface area contributed by atoms with Crippen LogP contribution in [-0.4, -0.2) is 36.4 Å². The zero-order valence-corrected chi connectivity index (χ0v) is 17.7. The maximum atomic E-state index is 14.3. The number of ether oxygens (including phenoxy) is 2. The number of cyclic esters (lactones) is 1. The molecule has 30 heavy (non-hydrogen) atoms. The van der Waals surface area contributed by atoms with Crippen molar-refractivity contribution in [3.63, 3.8) is 0 Å². The lowest BCUT2D eigenvalue weighted by atomic mass is 10.0. The summed E-state index contributed by atoms with van der Waals surface area (Å²) in [6.07, 6.45) is 1.97. The van der Waals surface area contributed by atoms with Crippen LogP contribution >= 0.6 is 11.3 Å². The molecule has 1 fully saturated rings. The van der Waals surface area contributed by atoms with E-state index in [2.05, 4.69) is 6.92 Å². The molecule has 0 saturated carbocycles. The SMILES string of the molecule is CCCCC[C@@H](F)c1ccc(N2C(=O)OC[C@@H]2COCc2ccc(C(=O)O)s2)cc1. The molecule has 1 amide bonds. The second-order valence-electron chi connectivity index (χ2n) is 7.24. The summed E-state index contributed by atoms with van der Waals surface area (Å²) >= 11 is 1.16. The molecule has 0 bridgehead atoms. The van der Waals surface area contributed by atoms with Crippen LogP contribution in [0.5, 0.6) is 0 Å². The number of carbonyl (C=O) groups excluding carboxylic acids is 1. The largest absolute Gasteiger partial charge is 0.477 e. The molecule has 3 rings (SSSR count). The molecule has 2 heterocycles. The first-order chi connectivity index (χ1) is 14.5. The number of halogens is 1. The van der Waals surface area contributed by atoms with Crippen molar-refractivity contribution in [1.29, 1.82) is 0 Å². The fourth-order valence-corrected chi connectivity index (χ4v) is 4.13. The molecule has 162 valence electrons. The summed E-state index contributed by atoms with van der Waals surface area (Å²) in [7, 11) is 0. The van der Waals surface area contributed by atoms with Crippen molar-refractivity contribution in [2.24, 2.45) is 0 Å². The van der Waals surface area contributed by atoms with E-state index in [-0.39, 0.29) is 30.7 Å². The topological polar surface area (TPSA) is 76.1 Å². The first kappa shape index (κ1) is 22.2. The van der Waals surface area contributed by atoms with E-state index < -0.39 is 18.2 Å². The molecule has 2 aromatic rings. The van der Waals surface area contributed by atoms with E-state index in [9.17, 15) is 14.0 Å². The third kappa shape index (κ3) is 5.58. The van der Waals surface area contributed by atoms with E-state index in [0.29, 0.717) is 17.7 Å². The zero-order valence-electron chi connectivity index (χ0n) is 16.9. The number of carboxylic acids is 1. The standard InChI is InChI=1S/C22H26FNO5S/c1-2-3-4-5-19(23)15-6-8-16(9-7-15)24-17(13-29-22(24)27)12-28-14-18-10-11-20(30-18)21(25)26/h6-11,17,19H,2-5,12-14H2,1H3,(H,25,26)/t17-,19+/m0/s1. The number of benzene rings is 1. The summed E-state index contributed by atoms with van der Waals surface area (Å²) in [5.74, 6) is -0.962. The van der Waals surface area contributed by atoms with E-state index in [4.69, 9.17) is 14.6 Å². The molecule has 6 nitrogen and oxygen atoms in total. The Labute approximate surface area is 179 Å². The molecule has 1 aliphatic heterocycles. The highest BCUT2D eigenvalue weighted by atomic mass is 32.1. The molecule has 1 aromatic heterocycles. The van der Waals surface area contributed by atoms with Gasteiger partial charge in [0.1, 0.15) is 17.7 Å². The number of thiophene rings is 1. The Morgan fingerprint density at radius 2 is 2.07 bits per heavy atom. The first-order valence-electron chi connectivity index (χ1n) is 10.1. The van der Waals surface area contributed by atoms with Crippen molar-refractivity contribution in [2.45, 2.75) is 51.4 Å². The minimum Gasteiger partial charge on any atom is -0.477 e. The van der Waals surface area contributed by atoms with Gasteiger partial charge in [-0.2, -0.15) is 0 Å². The van der Waals surface area contributed by atoms with Gasteiger partial charge in [0.15, 0.2) is 0 Å². The second-order valence-corrected chi connectivity index (χ2v) is 8.41. The Balaban J connectivity index is 1.56. The predicted octanol–water partition coefficient (Wildman–Crippen LogP) is 5.58. The molecule has 0 unspecified atom stereocenters.